The molecule has 2 nitrogen and oxygen atoms in total. The Labute approximate surface area is 117 Å². The lowest BCUT2D eigenvalue weighted by Gasteiger charge is -2.12. The van der Waals surface area contributed by atoms with Crippen molar-refractivity contribution in [2.75, 3.05) is 6.54 Å². The van der Waals surface area contributed by atoms with Crippen molar-refractivity contribution in [2.45, 2.75) is 13.0 Å². The van der Waals surface area contributed by atoms with E-state index >= 15 is 0 Å². The molecule has 2 N–H and O–H groups in total. The molecule has 0 unspecified atom stereocenters. The second-order valence-corrected chi connectivity index (χ2v) is 4.62. The smallest absolute Gasteiger partial charge is 0.165 e. The van der Waals surface area contributed by atoms with Gasteiger partial charge >= 0.3 is 0 Å². The predicted octanol–water partition coefficient (Wildman–Crippen LogP) is 3.56. The predicted molar refractivity (Wildman–Crippen MR) is 74.9 cm³/mol. The Hall–Kier alpha value is -1.58. The zero-order valence-electron chi connectivity index (χ0n) is 10.4. The first-order chi connectivity index (χ1) is 9.20. The first kappa shape index (κ1) is 13.8. The lowest BCUT2D eigenvalue weighted by Crippen LogP contribution is -2.06. The summed E-state index contributed by atoms with van der Waals surface area (Å²) in [6.45, 7) is 0.760. The molecule has 0 atom stereocenters. The summed E-state index contributed by atoms with van der Waals surface area (Å²) in [5.74, 6) is -0.0807. The number of ether oxygens (including phenoxy) is 1. The third-order valence-corrected chi connectivity index (χ3v) is 3.01. The standard InChI is InChI=1S/C15H15ClFNO/c16-13-6-4-11(5-7-13)10-19-15-12(8-9-18)2-1-3-14(15)17/h1-7H,8-10,18H2. The zero-order valence-corrected chi connectivity index (χ0v) is 11.2. The van der Waals surface area contributed by atoms with Crippen LogP contribution < -0.4 is 10.5 Å². The van der Waals surface area contributed by atoms with Gasteiger partial charge in [0.25, 0.3) is 0 Å². The normalized spacial score (nSPS) is 10.5. The Morgan fingerprint density at radius 1 is 1.11 bits per heavy atom. The Morgan fingerprint density at radius 3 is 2.53 bits per heavy atom. The fourth-order valence-corrected chi connectivity index (χ4v) is 1.93. The molecule has 4 heteroatoms. The second-order valence-electron chi connectivity index (χ2n) is 4.18. The van der Waals surface area contributed by atoms with Gasteiger partial charge in [0.1, 0.15) is 6.61 Å². The van der Waals surface area contributed by atoms with E-state index in [9.17, 15) is 4.39 Å². The van der Waals surface area contributed by atoms with Crippen LogP contribution in [0, 0.1) is 5.82 Å². The molecular formula is C15H15ClFNO. The largest absolute Gasteiger partial charge is 0.486 e. The van der Waals surface area contributed by atoms with Crippen molar-refractivity contribution in [3.63, 3.8) is 0 Å². The van der Waals surface area contributed by atoms with E-state index in [2.05, 4.69) is 0 Å². The molecule has 0 heterocycles. The molecule has 0 radical (unpaired) electrons. The molecule has 0 bridgehead atoms. The minimum atomic E-state index is -0.361. The van der Waals surface area contributed by atoms with Gasteiger partial charge in [-0.05, 0) is 42.3 Å². The van der Waals surface area contributed by atoms with Crippen LogP contribution in [0.3, 0.4) is 0 Å². The van der Waals surface area contributed by atoms with Crippen LogP contribution in [0.4, 0.5) is 4.39 Å². The van der Waals surface area contributed by atoms with E-state index in [0.29, 0.717) is 24.6 Å². The van der Waals surface area contributed by atoms with Gasteiger partial charge in [0.2, 0.25) is 0 Å². The van der Waals surface area contributed by atoms with Crippen LogP contribution >= 0.6 is 11.6 Å². The van der Waals surface area contributed by atoms with Crippen LogP contribution in [0.5, 0.6) is 5.75 Å². The average molecular weight is 280 g/mol. The Kier molecular flexibility index (Phi) is 4.77. The third-order valence-electron chi connectivity index (χ3n) is 2.76. The van der Waals surface area contributed by atoms with Crippen molar-refractivity contribution in [1.29, 1.82) is 0 Å². The van der Waals surface area contributed by atoms with Crippen LogP contribution in [0.15, 0.2) is 42.5 Å². The molecule has 2 aromatic rings. The Bertz CT molecular complexity index is 542. The number of halogens is 2. The van der Waals surface area contributed by atoms with E-state index in [1.807, 2.05) is 18.2 Å². The lowest BCUT2D eigenvalue weighted by molar-refractivity contribution is 0.287. The molecule has 0 amide bonds. The maximum Gasteiger partial charge on any atom is 0.165 e. The molecular weight excluding hydrogens is 265 g/mol. The molecule has 0 saturated carbocycles. The highest BCUT2D eigenvalue weighted by Gasteiger charge is 2.09. The fourth-order valence-electron chi connectivity index (χ4n) is 1.80. The molecule has 0 aliphatic heterocycles. The van der Waals surface area contributed by atoms with E-state index in [1.54, 1.807) is 18.2 Å². The molecule has 0 aliphatic rings. The molecule has 2 aromatic carbocycles. The van der Waals surface area contributed by atoms with E-state index < -0.39 is 0 Å². The van der Waals surface area contributed by atoms with Crippen LogP contribution in [0.2, 0.25) is 5.02 Å². The molecule has 0 saturated heterocycles. The zero-order chi connectivity index (χ0) is 13.7. The van der Waals surface area contributed by atoms with Gasteiger partial charge in [-0.1, -0.05) is 35.9 Å². The molecule has 0 fully saturated rings. The monoisotopic (exact) mass is 279 g/mol. The minimum Gasteiger partial charge on any atom is -0.486 e. The topological polar surface area (TPSA) is 35.2 Å². The summed E-state index contributed by atoms with van der Waals surface area (Å²) in [5, 5.41) is 0.665. The van der Waals surface area contributed by atoms with Crippen LogP contribution in [0.25, 0.3) is 0 Å². The van der Waals surface area contributed by atoms with Crippen molar-refractivity contribution in [2.24, 2.45) is 5.73 Å². The molecule has 0 spiro atoms. The maximum absolute atomic E-state index is 13.8. The van der Waals surface area contributed by atoms with Gasteiger partial charge in [-0.2, -0.15) is 0 Å². The van der Waals surface area contributed by atoms with Gasteiger partial charge in [0, 0.05) is 5.02 Å². The lowest BCUT2D eigenvalue weighted by atomic mass is 10.1. The van der Waals surface area contributed by atoms with Crippen LogP contribution in [-0.4, -0.2) is 6.54 Å². The number of benzene rings is 2. The number of nitrogens with two attached hydrogens (primary N) is 1. The number of hydrogen-bond acceptors (Lipinski definition) is 2. The summed E-state index contributed by atoms with van der Waals surface area (Å²) in [6, 6.07) is 12.1. The van der Waals surface area contributed by atoms with E-state index in [4.69, 9.17) is 22.1 Å². The summed E-state index contributed by atoms with van der Waals surface area (Å²) in [7, 11) is 0. The number of rotatable bonds is 5. The highest BCUT2D eigenvalue weighted by Crippen LogP contribution is 2.24. The van der Waals surface area contributed by atoms with Crippen LogP contribution in [-0.2, 0) is 13.0 Å². The molecule has 100 valence electrons. The van der Waals surface area contributed by atoms with Gasteiger partial charge in [-0.3, -0.25) is 0 Å². The summed E-state index contributed by atoms with van der Waals surface area (Å²) < 4.78 is 19.3. The Balaban J connectivity index is 2.12. The molecule has 0 aliphatic carbocycles. The van der Waals surface area contributed by atoms with Gasteiger partial charge in [-0.15, -0.1) is 0 Å². The van der Waals surface area contributed by atoms with E-state index in [0.717, 1.165) is 11.1 Å². The van der Waals surface area contributed by atoms with Crippen molar-refractivity contribution in [3.8, 4) is 5.75 Å². The van der Waals surface area contributed by atoms with Crippen molar-refractivity contribution < 1.29 is 9.13 Å². The van der Waals surface area contributed by atoms with Gasteiger partial charge in [0.05, 0.1) is 0 Å². The van der Waals surface area contributed by atoms with E-state index in [1.165, 1.54) is 6.07 Å². The maximum atomic E-state index is 13.8. The van der Waals surface area contributed by atoms with Crippen LogP contribution in [0.1, 0.15) is 11.1 Å². The second kappa shape index (κ2) is 6.55. The number of para-hydroxylation sites is 1. The molecule has 0 aromatic heterocycles. The first-order valence-corrected chi connectivity index (χ1v) is 6.43. The molecule has 2 rings (SSSR count). The van der Waals surface area contributed by atoms with Crippen molar-refractivity contribution in [1.82, 2.24) is 0 Å². The summed E-state index contributed by atoms with van der Waals surface area (Å²) >= 11 is 5.81. The average Bonchev–Trinajstić information content (AvgIpc) is 2.40. The summed E-state index contributed by atoms with van der Waals surface area (Å²) in [6.07, 6.45) is 0.591. The quantitative estimate of drug-likeness (QED) is 0.908. The first-order valence-electron chi connectivity index (χ1n) is 6.05. The number of hydrogen-bond donors (Lipinski definition) is 1. The van der Waals surface area contributed by atoms with E-state index in [-0.39, 0.29) is 11.6 Å². The third kappa shape index (κ3) is 3.69. The van der Waals surface area contributed by atoms with Gasteiger partial charge in [0.15, 0.2) is 11.6 Å². The summed E-state index contributed by atoms with van der Waals surface area (Å²) in [4.78, 5) is 0. The SMILES string of the molecule is NCCc1cccc(F)c1OCc1ccc(Cl)cc1. The van der Waals surface area contributed by atoms with Crippen molar-refractivity contribution >= 4 is 11.6 Å². The van der Waals surface area contributed by atoms with Gasteiger partial charge in [-0.25, -0.2) is 4.39 Å². The highest BCUT2D eigenvalue weighted by molar-refractivity contribution is 6.30. The Morgan fingerprint density at radius 2 is 1.84 bits per heavy atom. The minimum absolute atomic E-state index is 0.280. The van der Waals surface area contributed by atoms with Gasteiger partial charge < -0.3 is 10.5 Å². The fraction of sp³-hybridized carbons (Fsp3) is 0.200. The summed E-state index contributed by atoms with van der Waals surface area (Å²) in [5.41, 5.74) is 7.24. The molecule has 19 heavy (non-hydrogen) atoms. The highest BCUT2D eigenvalue weighted by atomic mass is 35.5. The van der Waals surface area contributed by atoms with Crippen molar-refractivity contribution in [3.05, 3.63) is 64.4 Å².